The fourth-order valence-corrected chi connectivity index (χ4v) is 4.01. The number of nitrogens with zero attached hydrogens (tertiary/aromatic N) is 2. The number of amides is 1. The molecule has 0 spiro atoms. The maximum atomic E-state index is 12.7. The first-order valence-electron chi connectivity index (χ1n) is 9.50. The zero-order valence-electron chi connectivity index (χ0n) is 16.8. The molecule has 1 saturated heterocycles. The molecule has 2 rings (SSSR count). The van der Waals surface area contributed by atoms with Crippen LogP contribution in [0.15, 0.2) is 29.3 Å². The third-order valence-electron chi connectivity index (χ3n) is 4.44. The number of sulfonamides is 1. The number of carbonyl (C=O) groups is 1. The second-order valence-electron chi connectivity index (χ2n) is 6.85. The topological polar surface area (TPSA) is 103 Å². The highest BCUT2D eigenvalue weighted by atomic mass is 32.2. The molecule has 1 aromatic carbocycles. The molecule has 168 valence electrons. The van der Waals surface area contributed by atoms with E-state index < -0.39 is 15.5 Å². The lowest BCUT2D eigenvalue weighted by atomic mass is 10.1. The fourth-order valence-electron chi connectivity index (χ4n) is 3.02. The van der Waals surface area contributed by atoms with Gasteiger partial charge < -0.3 is 16.0 Å². The number of piperidine rings is 1. The van der Waals surface area contributed by atoms with Gasteiger partial charge in [0.2, 0.25) is 5.91 Å². The van der Waals surface area contributed by atoms with Crippen molar-refractivity contribution in [1.29, 1.82) is 0 Å². The van der Waals surface area contributed by atoms with Crippen molar-refractivity contribution in [2.24, 2.45) is 4.99 Å². The van der Waals surface area contributed by atoms with Gasteiger partial charge in [0.05, 0.1) is 6.54 Å². The molecule has 1 aliphatic rings. The number of hydrogen-bond donors (Lipinski definition) is 3. The number of rotatable bonds is 6. The molecule has 0 atom stereocenters. The molecule has 0 aromatic heterocycles. The van der Waals surface area contributed by atoms with E-state index in [1.54, 1.807) is 18.2 Å². The summed E-state index contributed by atoms with van der Waals surface area (Å²) in [6.07, 6.45) is 0.468. The van der Waals surface area contributed by atoms with Gasteiger partial charge in [0.1, 0.15) is 0 Å². The average Bonchev–Trinajstić information content (AvgIpc) is 2.65. The normalized spacial score (nSPS) is 16.9. The zero-order valence-corrected chi connectivity index (χ0v) is 17.6. The molecular weight excluding hydrogens is 423 g/mol. The fraction of sp³-hybridized carbons (Fsp3) is 0.556. The molecular formula is C18H26F3N5O3S. The van der Waals surface area contributed by atoms with Gasteiger partial charge in [-0.3, -0.25) is 4.79 Å². The van der Waals surface area contributed by atoms with E-state index in [1.807, 2.05) is 13.0 Å². The number of alkyl halides is 3. The van der Waals surface area contributed by atoms with Crippen LogP contribution in [0.1, 0.15) is 32.3 Å². The first-order chi connectivity index (χ1) is 14.0. The minimum Gasteiger partial charge on any atom is -0.357 e. The van der Waals surface area contributed by atoms with Gasteiger partial charge in [-0.1, -0.05) is 12.1 Å². The predicted octanol–water partition coefficient (Wildman–Crippen LogP) is 2.01. The van der Waals surface area contributed by atoms with E-state index in [2.05, 4.69) is 20.9 Å². The molecule has 1 amide bonds. The van der Waals surface area contributed by atoms with Gasteiger partial charge >= 0.3 is 15.5 Å². The molecule has 1 aliphatic heterocycles. The molecule has 0 unspecified atom stereocenters. The largest absolute Gasteiger partial charge is 0.511 e. The first-order valence-corrected chi connectivity index (χ1v) is 10.9. The summed E-state index contributed by atoms with van der Waals surface area (Å²) in [5.74, 6) is 0.309. The molecule has 0 aliphatic carbocycles. The Balaban J connectivity index is 1.97. The predicted molar refractivity (Wildman–Crippen MR) is 108 cm³/mol. The van der Waals surface area contributed by atoms with Crippen LogP contribution in [0.2, 0.25) is 0 Å². The maximum absolute atomic E-state index is 12.7. The Morgan fingerprint density at radius 2 is 1.93 bits per heavy atom. The van der Waals surface area contributed by atoms with Crippen LogP contribution in [0.4, 0.5) is 18.9 Å². The number of hydrogen-bond acceptors (Lipinski definition) is 4. The highest BCUT2D eigenvalue weighted by Crippen LogP contribution is 2.28. The lowest BCUT2D eigenvalue weighted by molar-refractivity contribution is -0.114. The smallest absolute Gasteiger partial charge is 0.357 e. The number of halogens is 3. The molecule has 1 aromatic rings. The SMILES string of the molecule is CCNC(=NCc1cccc(NC(C)=O)c1)NC1CCN(S(=O)(=O)C(F)(F)F)CC1. The van der Waals surface area contributed by atoms with E-state index in [-0.39, 0.29) is 37.9 Å². The number of benzene rings is 1. The molecule has 0 radical (unpaired) electrons. The Hall–Kier alpha value is -2.34. The molecule has 1 heterocycles. The Morgan fingerprint density at radius 1 is 1.27 bits per heavy atom. The summed E-state index contributed by atoms with van der Waals surface area (Å²) in [6, 6.07) is 7.02. The number of guanidine groups is 1. The van der Waals surface area contributed by atoms with Gasteiger partial charge in [0.25, 0.3) is 0 Å². The summed E-state index contributed by atoms with van der Waals surface area (Å²) in [4.78, 5) is 15.6. The zero-order chi connectivity index (χ0) is 22.4. The summed E-state index contributed by atoms with van der Waals surface area (Å²) >= 11 is 0. The monoisotopic (exact) mass is 449 g/mol. The van der Waals surface area contributed by atoms with Gasteiger partial charge in [0.15, 0.2) is 5.96 Å². The highest BCUT2D eigenvalue weighted by molar-refractivity contribution is 7.90. The summed E-state index contributed by atoms with van der Waals surface area (Å²) in [7, 11) is -5.29. The van der Waals surface area contributed by atoms with Gasteiger partial charge in [-0.15, -0.1) is 0 Å². The van der Waals surface area contributed by atoms with Crippen LogP contribution in [-0.2, 0) is 21.4 Å². The first kappa shape index (κ1) is 23.9. The number of anilines is 1. The number of carbonyl (C=O) groups excluding carboxylic acids is 1. The van der Waals surface area contributed by atoms with E-state index in [0.29, 0.717) is 29.0 Å². The van der Waals surface area contributed by atoms with Crippen molar-refractivity contribution in [3.05, 3.63) is 29.8 Å². The Kier molecular flexibility index (Phi) is 8.07. The van der Waals surface area contributed by atoms with Crippen molar-refractivity contribution in [3.63, 3.8) is 0 Å². The van der Waals surface area contributed by atoms with Crippen LogP contribution in [0, 0.1) is 0 Å². The van der Waals surface area contributed by atoms with Crippen molar-refractivity contribution in [1.82, 2.24) is 14.9 Å². The minimum atomic E-state index is -5.29. The Morgan fingerprint density at radius 3 is 2.50 bits per heavy atom. The maximum Gasteiger partial charge on any atom is 0.511 e. The van der Waals surface area contributed by atoms with Gasteiger partial charge in [0, 0.05) is 38.3 Å². The average molecular weight is 449 g/mol. The Labute approximate surface area is 174 Å². The molecule has 1 fully saturated rings. The van der Waals surface area contributed by atoms with Crippen LogP contribution >= 0.6 is 0 Å². The van der Waals surface area contributed by atoms with Gasteiger partial charge in [-0.2, -0.15) is 17.5 Å². The second-order valence-corrected chi connectivity index (χ2v) is 8.77. The van der Waals surface area contributed by atoms with Crippen molar-refractivity contribution in [2.45, 2.75) is 44.8 Å². The van der Waals surface area contributed by atoms with Crippen molar-refractivity contribution in [2.75, 3.05) is 25.0 Å². The number of aliphatic imine (C=N–C) groups is 1. The lowest BCUT2D eigenvalue weighted by Gasteiger charge is -2.32. The third kappa shape index (κ3) is 6.59. The molecule has 8 nitrogen and oxygen atoms in total. The van der Waals surface area contributed by atoms with Gasteiger partial charge in [-0.05, 0) is 37.5 Å². The van der Waals surface area contributed by atoms with E-state index >= 15 is 0 Å². The molecule has 12 heteroatoms. The molecule has 3 N–H and O–H groups in total. The van der Waals surface area contributed by atoms with Crippen molar-refractivity contribution < 1.29 is 26.4 Å². The van der Waals surface area contributed by atoms with Crippen LogP contribution in [0.5, 0.6) is 0 Å². The Bertz CT molecular complexity index is 866. The van der Waals surface area contributed by atoms with Crippen molar-refractivity contribution in [3.8, 4) is 0 Å². The van der Waals surface area contributed by atoms with E-state index in [9.17, 15) is 26.4 Å². The summed E-state index contributed by atoms with van der Waals surface area (Å²) in [6.45, 7) is 3.79. The number of nitrogens with one attached hydrogen (secondary N) is 3. The minimum absolute atomic E-state index is 0.176. The second kappa shape index (κ2) is 10.1. The third-order valence-corrected chi connectivity index (χ3v) is 6.07. The van der Waals surface area contributed by atoms with E-state index in [1.165, 1.54) is 6.92 Å². The summed E-state index contributed by atoms with van der Waals surface area (Å²) in [5, 5.41) is 8.92. The van der Waals surface area contributed by atoms with Crippen LogP contribution in [-0.4, -0.2) is 55.8 Å². The van der Waals surface area contributed by atoms with Crippen molar-refractivity contribution >= 4 is 27.6 Å². The molecule has 30 heavy (non-hydrogen) atoms. The standard InChI is InChI=1S/C18H26F3N5O3S/c1-3-22-17(23-12-14-5-4-6-16(11-14)24-13(2)27)25-15-7-9-26(10-8-15)30(28,29)18(19,20)21/h4-6,11,15H,3,7-10,12H2,1-2H3,(H,24,27)(H2,22,23,25). The van der Waals surface area contributed by atoms with Gasteiger partial charge in [-0.25, -0.2) is 13.4 Å². The van der Waals surface area contributed by atoms with E-state index in [0.717, 1.165) is 5.56 Å². The summed E-state index contributed by atoms with van der Waals surface area (Å²) in [5.41, 5.74) is -3.76. The van der Waals surface area contributed by atoms with E-state index in [4.69, 9.17) is 0 Å². The van der Waals surface area contributed by atoms with Crippen LogP contribution in [0.3, 0.4) is 0 Å². The van der Waals surface area contributed by atoms with Crippen LogP contribution in [0.25, 0.3) is 0 Å². The molecule has 0 saturated carbocycles. The summed E-state index contributed by atoms with van der Waals surface area (Å²) < 4.78 is 61.6. The molecule has 0 bridgehead atoms. The lowest BCUT2D eigenvalue weighted by Crippen LogP contribution is -2.51. The van der Waals surface area contributed by atoms with Crippen LogP contribution < -0.4 is 16.0 Å². The quantitative estimate of drug-likeness (QED) is 0.456. The highest BCUT2D eigenvalue weighted by Gasteiger charge is 2.50.